The van der Waals surface area contributed by atoms with Gasteiger partial charge in [-0.1, -0.05) is 13.8 Å². The Kier molecular flexibility index (Phi) is 3.22. The minimum atomic E-state index is -0.350. The smallest absolute Gasteiger partial charge is 0.323 e. The van der Waals surface area contributed by atoms with E-state index in [0.717, 1.165) is 0 Å². The molecule has 0 spiro atoms. The molecule has 10 heavy (non-hydrogen) atoms. The molecule has 0 saturated carbocycles. The molecule has 0 amide bonds. The Balaban J connectivity index is 3.98. The van der Waals surface area contributed by atoms with Crippen molar-refractivity contribution in [1.82, 2.24) is 5.32 Å². The second-order valence-corrected chi connectivity index (χ2v) is 2.45. The Bertz CT molecular complexity index is 128. The van der Waals surface area contributed by atoms with Crippen LogP contribution in [-0.4, -0.2) is 26.1 Å². The summed E-state index contributed by atoms with van der Waals surface area (Å²) in [4.78, 5) is 11.0. The highest BCUT2D eigenvalue weighted by Gasteiger charge is 2.19. The monoisotopic (exact) mass is 146 g/mol. The van der Waals surface area contributed by atoms with Crippen molar-refractivity contribution in [3.63, 3.8) is 0 Å². The van der Waals surface area contributed by atoms with Gasteiger partial charge in [-0.2, -0.15) is 0 Å². The van der Waals surface area contributed by atoms with Gasteiger partial charge in [-0.05, 0) is 12.9 Å². The SMILES string of the molecule is [2H]CN[C@H](C(=O)OC)C(C)C. The fraction of sp³-hybridized carbons (Fsp3) is 0.857. The normalized spacial score (nSPS) is 14.6. The highest BCUT2D eigenvalue weighted by molar-refractivity contribution is 5.75. The summed E-state index contributed by atoms with van der Waals surface area (Å²) in [5, 5.41) is 2.72. The predicted molar refractivity (Wildman–Crippen MR) is 39.7 cm³/mol. The Morgan fingerprint density at radius 2 is 2.30 bits per heavy atom. The van der Waals surface area contributed by atoms with Crippen molar-refractivity contribution in [3.8, 4) is 0 Å². The molecule has 0 aliphatic heterocycles. The van der Waals surface area contributed by atoms with E-state index < -0.39 is 0 Å². The van der Waals surface area contributed by atoms with Crippen LogP contribution < -0.4 is 5.32 Å². The molecule has 0 aromatic carbocycles. The number of nitrogens with one attached hydrogen (secondary N) is 1. The molecule has 0 aromatic rings. The van der Waals surface area contributed by atoms with Gasteiger partial charge >= 0.3 is 5.97 Å². The van der Waals surface area contributed by atoms with Crippen molar-refractivity contribution in [2.75, 3.05) is 14.1 Å². The van der Waals surface area contributed by atoms with E-state index in [1.807, 2.05) is 13.8 Å². The molecule has 1 N–H and O–H groups in total. The number of hydrogen-bond acceptors (Lipinski definition) is 3. The van der Waals surface area contributed by atoms with Crippen molar-refractivity contribution in [2.45, 2.75) is 19.9 Å². The van der Waals surface area contributed by atoms with Gasteiger partial charge in [0.2, 0.25) is 0 Å². The van der Waals surface area contributed by atoms with Crippen LogP contribution in [0, 0.1) is 5.92 Å². The van der Waals surface area contributed by atoms with Crippen LogP contribution in [0.15, 0.2) is 0 Å². The summed E-state index contributed by atoms with van der Waals surface area (Å²) >= 11 is 0. The Labute approximate surface area is 63.2 Å². The van der Waals surface area contributed by atoms with E-state index in [9.17, 15) is 4.79 Å². The van der Waals surface area contributed by atoms with Crippen LogP contribution in [0.3, 0.4) is 0 Å². The number of ether oxygens (including phenoxy) is 1. The van der Waals surface area contributed by atoms with Gasteiger partial charge in [0.15, 0.2) is 0 Å². The summed E-state index contributed by atoms with van der Waals surface area (Å²) in [5.41, 5.74) is 0. The number of hydrogen-bond donors (Lipinski definition) is 1. The standard InChI is InChI=1S/C7H15NO2/c1-5(2)6(8-3)7(9)10-4/h5-6,8H,1-4H3/t6-/m0/s1/i3D. The Morgan fingerprint density at radius 3 is 2.60 bits per heavy atom. The van der Waals surface area contributed by atoms with E-state index in [1.54, 1.807) is 0 Å². The lowest BCUT2D eigenvalue weighted by atomic mass is 10.1. The fourth-order valence-corrected chi connectivity index (χ4v) is 0.718. The highest BCUT2D eigenvalue weighted by Crippen LogP contribution is 2.01. The molecule has 0 aromatic heterocycles. The average Bonchev–Trinajstić information content (AvgIpc) is 1.98. The zero-order valence-corrected chi connectivity index (χ0v) is 6.68. The number of methoxy groups -OCH3 is 1. The van der Waals surface area contributed by atoms with E-state index in [0.29, 0.717) is 0 Å². The van der Waals surface area contributed by atoms with E-state index in [-0.39, 0.29) is 25.0 Å². The quantitative estimate of drug-likeness (QED) is 0.586. The van der Waals surface area contributed by atoms with Crippen molar-refractivity contribution < 1.29 is 10.9 Å². The summed E-state index contributed by atoms with van der Waals surface area (Å²) in [7, 11) is 1.39. The molecular weight excluding hydrogens is 130 g/mol. The summed E-state index contributed by atoms with van der Waals surface area (Å²) in [5.74, 6) is -0.139. The first-order valence-electron chi connectivity index (χ1n) is 3.94. The largest absolute Gasteiger partial charge is 0.468 e. The van der Waals surface area contributed by atoms with E-state index >= 15 is 0 Å². The minimum Gasteiger partial charge on any atom is -0.468 e. The highest BCUT2D eigenvalue weighted by atomic mass is 16.5. The van der Waals surface area contributed by atoms with Crippen molar-refractivity contribution >= 4 is 5.97 Å². The summed E-state index contributed by atoms with van der Waals surface area (Å²) in [6.45, 7) is 3.81. The fourth-order valence-electron chi connectivity index (χ4n) is 0.718. The van der Waals surface area contributed by atoms with Crippen LogP contribution in [0.4, 0.5) is 0 Å². The van der Waals surface area contributed by atoms with Crippen molar-refractivity contribution in [3.05, 3.63) is 0 Å². The lowest BCUT2D eigenvalue weighted by molar-refractivity contribution is -0.144. The third kappa shape index (κ3) is 2.35. The molecule has 60 valence electrons. The van der Waals surface area contributed by atoms with Gasteiger partial charge in [0.1, 0.15) is 6.04 Å². The predicted octanol–water partition coefficient (Wildman–Crippen LogP) is 0.403. The van der Waals surface area contributed by atoms with Gasteiger partial charge in [0.25, 0.3) is 0 Å². The molecule has 1 atom stereocenters. The van der Waals surface area contributed by atoms with Gasteiger partial charge < -0.3 is 10.1 Å². The van der Waals surface area contributed by atoms with Crippen LogP contribution in [0.1, 0.15) is 15.2 Å². The average molecular weight is 146 g/mol. The van der Waals surface area contributed by atoms with Crippen LogP contribution in [0.25, 0.3) is 0 Å². The first kappa shape index (κ1) is 7.54. The second-order valence-electron chi connectivity index (χ2n) is 2.45. The van der Waals surface area contributed by atoms with Crippen LogP contribution in [0.2, 0.25) is 0 Å². The summed E-state index contributed by atoms with van der Waals surface area (Å²) < 4.78 is 11.4. The maximum absolute atomic E-state index is 11.0. The molecule has 0 radical (unpaired) electrons. The zero-order chi connectivity index (χ0) is 8.85. The molecular formula is C7H15NO2. The molecule has 0 aliphatic carbocycles. The molecule has 0 rings (SSSR count). The third-order valence-corrected chi connectivity index (χ3v) is 1.34. The molecule has 0 unspecified atom stereocenters. The van der Waals surface area contributed by atoms with Gasteiger partial charge in [0, 0.05) is 1.37 Å². The number of rotatable bonds is 3. The van der Waals surface area contributed by atoms with Crippen molar-refractivity contribution in [2.24, 2.45) is 5.92 Å². The van der Waals surface area contributed by atoms with E-state index in [2.05, 4.69) is 10.1 Å². The van der Waals surface area contributed by atoms with Crippen LogP contribution in [-0.2, 0) is 9.53 Å². The maximum atomic E-state index is 11.0. The first-order valence-corrected chi connectivity index (χ1v) is 3.24. The van der Waals surface area contributed by atoms with Gasteiger partial charge in [-0.3, -0.25) is 4.79 Å². The minimum absolute atomic E-state index is 0.0396. The molecule has 0 aliphatic rings. The lowest BCUT2D eigenvalue weighted by Crippen LogP contribution is -2.39. The van der Waals surface area contributed by atoms with Crippen molar-refractivity contribution in [1.29, 1.82) is 0 Å². The van der Waals surface area contributed by atoms with Gasteiger partial charge in [0.05, 0.1) is 7.11 Å². The van der Waals surface area contributed by atoms with Gasteiger partial charge in [-0.25, -0.2) is 0 Å². The second kappa shape index (κ2) is 4.28. The number of likely N-dealkylation sites (N-methyl/N-ethyl adjacent to an activating group) is 1. The first-order chi connectivity index (χ1) is 5.13. The Hall–Kier alpha value is -0.570. The topological polar surface area (TPSA) is 38.3 Å². The van der Waals surface area contributed by atoms with Gasteiger partial charge in [-0.15, -0.1) is 0 Å². The number of carbonyl (C=O) groups excluding carboxylic acids is 1. The Morgan fingerprint density at radius 1 is 1.70 bits per heavy atom. The van der Waals surface area contributed by atoms with E-state index in [1.165, 1.54) is 7.11 Å². The van der Waals surface area contributed by atoms with E-state index in [4.69, 9.17) is 1.37 Å². The lowest BCUT2D eigenvalue weighted by Gasteiger charge is -2.16. The molecule has 3 heteroatoms. The molecule has 0 bridgehead atoms. The third-order valence-electron chi connectivity index (χ3n) is 1.34. The molecule has 0 heterocycles. The zero-order valence-electron chi connectivity index (χ0n) is 7.68. The number of carbonyl (C=O) groups is 1. The van der Waals surface area contributed by atoms with Crippen LogP contribution in [0.5, 0.6) is 0 Å². The molecule has 3 nitrogen and oxygen atoms in total. The maximum Gasteiger partial charge on any atom is 0.323 e. The molecule has 0 fully saturated rings. The summed E-state index contributed by atoms with van der Waals surface area (Å²) in [6.07, 6.45) is 0. The number of esters is 1. The summed E-state index contributed by atoms with van der Waals surface area (Å²) in [6, 6.07) is -0.350. The molecule has 0 saturated heterocycles. The van der Waals surface area contributed by atoms with Crippen LogP contribution >= 0.6 is 0 Å².